The summed E-state index contributed by atoms with van der Waals surface area (Å²) in [5.74, 6) is 0.550. The van der Waals surface area contributed by atoms with Gasteiger partial charge in [0, 0.05) is 10.5 Å². The van der Waals surface area contributed by atoms with Gasteiger partial charge in [0.1, 0.15) is 5.82 Å². The maximum Gasteiger partial charge on any atom is 0.127 e. The van der Waals surface area contributed by atoms with Gasteiger partial charge in [0.05, 0.1) is 0 Å². The minimum absolute atomic E-state index is 0.113. The van der Waals surface area contributed by atoms with Crippen molar-refractivity contribution in [1.29, 1.82) is 0 Å². The molecule has 0 saturated heterocycles. The van der Waals surface area contributed by atoms with E-state index in [2.05, 4.69) is 35.1 Å². The highest BCUT2D eigenvalue weighted by Crippen LogP contribution is 2.54. The van der Waals surface area contributed by atoms with Crippen LogP contribution < -0.4 is 5.32 Å². The topological polar surface area (TPSA) is 12.0 Å². The lowest BCUT2D eigenvalue weighted by molar-refractivity contribution is 0.420. The van der Waals surface area contributed by atoms with Crippen LogP contribution in [0.2, 0.25) is 0 Å². The smallest absolute Gasteiger partial charge is 0.127 e. The molecule has 1 aromatic carbocycles. The third-order valence-electron chi connectivity index (χ3n) is 3.90. The molecule has 1 saturated carbocycles. The van der Waals surface area contributed by atoms with E-state index in [0.717, 1.165) is 16.5 Å². The van der Waals surface area contributed by atoms with E-state index in [4.69, 9.17) is 0 Å². The van der Waals surface area contributed by atoms with Crippen LogP contribution in [0.5, 0.6) is 0 Å². The lowest BCUT2D eigenvalue weighted by atomic mass is 9.97. The molecule has 1 aliphatic carbocycles. The quantitative estimate of drug-likeness (QED) is 0.892. The molecule has 94 valence electrons. The van der Waals surface area contributed by atoms with Crippen molar-refractivity contribution >= 4 is 15.9 Å². The van der Waals surface area contributed by atoms with Gasteiger partial charge in [0.25, 0.3) is 0 Å². The molecular weight excluding hydrogens is 281 g/mol. The summed E-state index contributed by atoms with van der Waals surface area (Å²) in [7, 11) is 1.97. The first kappa shape index (κ1) is 13.0. The summed E-state index contributed by atoms with van der Waals surface area (Å²) < 4.78 is 14.6. The molecule has 1 aromatic rings. The van der Waals surface area contributed by atoms with Gasteiger partial charge in [-0.3, -0.25) is 0 Å². The highest BCUT2D eigenvalue weighted by Gasteiger charge is 2.49. The maximum absolute atomic E-state index is 13.8. The molecule has 0 amide bonds. The maximum atomic E-state index is 13.8. The summed E-state index contributed by atoms with van der Waals surface area (Å²) in [6.07, 6.45) is 2.00. The van der Waals surface area contributed by atoms with Crippen LogP contribution in [-0.4, -0.2) is 13.1 Å². The summed E-state index contributed by atoms with van der Waals surface area (Å²) in [4.78, 5) is 0. The molecular formula is C14H19BrFN. The molecule has 0 radical (unpaired) electrons. The minimum Gasteiger partial charge on any atom is -0.316 e. The Bertz CT molecular complexity index is 417. The Hall–Kier alpha value is -0.410. The second-order valence-corrected chi connectivity index (χ2v) is 6.55. The van der Waals surface area contributed by atoms with Crippen molar-refractivity contribution in [3.8, 4) is 0 Å². The van der Waals surface area contributed by atoms with Crippen molar-refractivity contribution in [2.75, 3.05) is 7.05 Å². The van der Waals surface area contributed by atoms with Crippen LogP contribution in [0.4, 0.5) is 4.39 Å². The molecule has 1 nitrogen and oxygen atoms in total. The Morgan fingerprint density at radius 3 is 2.65 bits per heavy atom. The number of halogens is 2. The Kier molecular flexibility index (Phi) is 3.60. The molecule has 2 rings (SSSR count). The van der Waals surface area contributed by atoms with Crippen molar-refractivity contribution in [1.82, 2.24) is 5.32 Å². The van der Waals surface area contributed by atoms with E-state index in [-0.39, 0.29) is 5.82 Å². The number of rotatable bonds is 4. The molecule has 1 fully saturated rings. The predicted molar refractivity (Wildman–Crippen MR) is 72.5 cm³/mol. The summed E-state index contributed by atoms with van der Waals surface area (Å²) in [6, 6.07) is 5.70. The first-order valence-electron chi connectivity index (χ1n) is 6.05. The second-order valence-electron chi connectivity index (χ2n) is 5.63. The Labute approximate surface area is 111 Å². The lowest BCUT2D eigenvalue weighted by Gasteiger charge is -2.18. The van der Waals surface area contributed by atoms with E-state index in [0.29, 0.717) is 17.4 Å². The van der Waals surface area contributed by atoms with Crippen LogP contribution in [0, 0.1) is 17.2 Å². The number of benzene rings is 1. The Morgan fingerprint density at radius 2 is 2.18 bits per heavy atom. The van der Waals surface area contributed by atoms with Crippen LogP contribution in [0.25, 0.3) is 0 Å². The highest BCUT2D eigenvalue weighted by atomic mass is 79.9. The van der Waals surface area contributed by atoms with Crippen molar-refractivity contribution in [3.05, 3.63) is 34.1 Å². The zero-order valence-corrected chi connectivity index (χ0v) is 12.1. The van der Waals surface area contributed by atoms with E-state index in [1.807, 2.05) is 19.2 Å². The first-order valence-corrected chi connectivity index (χ1v) is 6.84. The Balaban J connectivity index is 2.09. The van der Waals surface area contributed by atoms with Crippen molar-refractivity contribution < 1.29 is 4.39 Å². The average Bonchev–Trinajstić information content (AvgIpc) is 2.86. The zero-order chi connectivity index (χ0) is 12.6. The lowest BCUT2D eigenvalue weighted by Crippen LogP contribution is -2.31. The van der Waals surface area contributed by atoms with Crippen LogP contribution in [-0.2, 0) is 6.42 Å². The molecule has 2 unspecified atom stereocenters. The van der Waals surface area contributed by atoms with Gasteiger partial charge in [-0.05, 0) is 48.9 Å². The van der Waals surface area contributed by atoms with E-state index in [1.165, 1.54) is 6.42 Å². The third kappa shape index (κ3) is 2.89. The van der Waals surface area contributed by atoms with Crippen molar-refractivity contribution in [3.63, 3.8) is 0 Å². The molecule has 17 heavy (non-hydrogen) atoms. The van der Waals surface area contributed by atoms with E-state index >= 15 is 0 Å². The largest absolute Gasteiger partial charge is 0.316 e. The standard InChI is InChI=1S/C14H19BrFN/c1-14(2)8-11(14)13(17-3)6-9-4-5-10(15)7-12(9)16/h4-5,7,11,13,17H,6,8H2,1-3H3. The van der Waals surface area contributed by atoms with Crippen LogP contribution in [0.3, 0.4) is 0 Å². The van der Waals surface area contributed by atoms with Crippen LogP contribution in [0.15, 0.2) is 22.7 Å². The third-order valence-corrected chi connectivity index (χ3v) is 4.39. The predicted octanol–water partition coefficient (Wildman–Crippen LogP) is 3.76. The highest BCUT2D eigenvalue weighted by molar-refractivity contribution is 9.10. The summed E-state index contributed by atoms with van der Waals surface area (Å²) in [6.45, 7) is 4.56. The van der Waals surface area contributed by atoms with E-state index < -0.39 is 0 Å². The molecule has 1 aliphatic rings. The van der Waals surface area contributed by atoms with Gasteiger partial charge >= 0.3 is 0 Å². The van der Waals surface area contributed by atoms with Crippen molar-refractivity contribution in [2.45, 2.75) is 32.7 Å². The minimum atomic E-state index is -0.113. The Morgan fingerprint density at radius 1 is 1.53 bits per heavy atom. The zero-order valence-electron chi connectivity index (χ0n) is 10.6. The molecule has 0 bridgehead atoms. The molecule has 0 aliphatic heterocycles. The fourth-order valence-corrected chi connectivity index (χ4v) is 2.90. The van der Waals surface area contributed by atoms with Gasteiger partial charge in [-0.1, -0.05) is 35.8 Å². The van der Waals surface area contributed by atoms with Gasteiger partial charge < -0.3 is 5.32 Å². The molecule has 0 heterocycles. The summed E-state index contributed by atoms with van der Waals surface area (Å²) in [5, 5.41) is 3.33. The number of nitrogens with one attached hydrogen (secondary N) is 1. The summed E-state index contributed by atoms with van der Waals surface area (Å²) in [5.41, 5.74) is 1.22. The fraction of sp³-hybridized carbons (Fsp3) is 0.571. The van der Waals surface area contributed by atoms with Gasteiger partial charge in [-0.2, -0.15) is 0 Å². The molecule has 0 aromatic heterocycles. The van der Waals surface area contributed by atoms with Gasteiger partial charge in [-0.25, -0.2) is 4.39 Å². The number of likely N-dealkylation sites (N-methyl/N-ethyl adjacent to an activating group) is 1. The second kappa shape index (κ2) is 4.69. The first-order chi connectivity index (χ1) is 7.94. The van der Waals surface area contributed by atoms with Gasteiger partial charge in [-0.15, -0.1) is 0 Å². The van der Waals surface area contributed by atoms with Crippen LogP contribution in [0.1, 0.15) is 25.8 Å². The molecule has 0 spiro atoms. The van der Waals surface area contributed by atoms with E-state index in [1.54, 1.807) is 6.07 Å². The average molecular weight is 300 g/mol. The van der Waals surface area contributed by atoms with E-state index in [9.17, 15) is 4.39 Å². The summed E-state index contributed by atoms with van der Waals surface area (Å²) >= 11 is 3.28. The van der Waals surface area contributed by atoms with Gasteiger partial charge in [0.2, 0.25) is 0 Å². The molecule has 3 heteroatoms. The van der Waals surface area contributed by atoms with Crippen LogP contribution >= 0.6 is 15.9 Å². The SMILES string of the molecule is CNC(Cc1ccc(Br)cc1F)C1CC1(C)C. The normalized spacial score (nSPS) is 23.5. The molecule has 1 N–H and O–H groups in total. The van der Waals surface area contributed by atoms with Gasteiger partial charge in [0.15, 0.2) is 0 Å². The fourth-order valence-electron chi connectivity index (χ4n) is 2.56. The number of hydrogen-bond donors (Lipinski definition) is 1. The number of hydrogen-bond acceptors (Lipinski definition) is 1. The monoisotopic (exact) mass is 299 g/mol. The van der Waals surface area contributed by atoms with Crippen molar-refractivity contribution in [2.24, 2.45) is 11.3 Å². The molecule has 2 atom stereocenters.